The van der Waals surface area contributed by atoms with Crippen LogP contribution >= 0.6 is 15.9 Å². The van der Waals surface area contributed by atoms with Gasteiger partial charge in [0, 0.05) is 52.8 Å². The topological polar surface area (TPSA) is 75.3 Å². The number of pyridine rings is 4. The molecule has 0 aliphatic rings. The van der Waals surface area contributed by atoms with E-state index in [1.54, 1.807) is 37.1 Å². The molecule has 0 unspecified atom stereocenters. The minimum Gasteiger partial charge on any atom is -0.263 e. The van der Waals surface area contributed by atoms with E-state index in [4.69, 9.17) is 5.26 Å². The molecule has 4 aromatic rings. The van der Waals surface area contributed by atoms with Gasteiger partial charge < -0.3 is 0 Å². The standard InChI is InChI=1S/C11H7N3.C10H7BrN2/c12-6-9-5-10(8-13-7-9)11-3-1-2-4-14-11;11-9-5-8(6-12-7-9)10-3-1-2-4-13-10/h1-5,7-8H;1-7H. The number of aromatic nitrogens is 4. The smallest absolute Gasteiger partial charge is 0.101 e. The molecule has 6 heteroatoms. The minimum absolute atomic E-state index is 0.549. The van der Waals surface area contributed by atoms with Crippen LogP contribution in [0.4, 0.5) is 0 Å². The van der Waals surface area contributed by atoms with Crippen LogP contribution in [0.2, 0.25) is 0 Å². The third-order valence-corrected chi connectivity index (χ3v) is 3.93. The van der Waals surface area contributed by atoms with Gasteiger partial charge in [0.15, 0.2) is 0 Å². The van der Waals surface area contributed by atoms with Gasteiger partial charge >= 0.3 is 0 Å². The van der Waals surface area contributed by atoms with Gasteiger partial charge in [-0.05, 0) is 52.3 Å². The van der Waals surface area contributed by atoms with Crippen molar-refractivity contribution in [3.8, 4) is 28.6 Å². The fourth-order valence-corrected chi connectivity index (χ4v) is 2.62. The van der Waals surface area contributed by atoms with Gasteiger partial charge in [-0.25, -0.2) is 0 Å². The zero-order valence-electron chi connectivity index (χ0n) is 14.2. The van der Waals surface area contributed by atoms with Crippen molar-refractivity contribution < 1.29 is 0 Å². The maximum Gasteiger partial charge on any atom is 0.101 e. The molecule has 0 radical (unpaired) electrons. The van der Waals surface area contributed by atoms with E-state index in [1.165, 1.54) is 6.20 Å². The SMILES string of the molecule is Brc1cncc(-c2ccccn2)c1.N#Cc1cncc(-c2ccccn2)c1. The quantitative estimate of drug-likeness (QED) is 0.464. The number of hydrogen-bond acceptors (Lipinski definition) is 5. The van der Waals surface area contributed by atoms with Gasteiger partial charge in [0.1, 0.15) is 6.07 Å². The zero-order chi connectivity index (χ0) is 18.9. The number of nitriles is 1. The lowest BCUT2D eigenvalue weighted by Gasteiger charge is -1.98. The highest BCUT2D eigenvalue weighted by molar-refractivity contribution is 9.10. The molecule has 4 rings (SSSR count). The summed E-state index contributed by atoms with van der Waals surface area (Å²) < 4.78 is 0.968. The average molecular weight is 416 g/mol. The summed E-state index contributed by atoms with van der Waals surface area (Å²) in [7, 11) is 0. The van der Waals surface area contributed by atoms with Gasteiger partial charge in [-0.1, -0.05) is 12.1 Å². The van der Waals surface area contributed by atoms with Crippen LogP contribution in [0, 0.1) is 11.3 Å². The summed E-state index contributed by atoms with van der Waals surface area (Å²) in [5, 5.41) is 8.70. The Morgan fingerprint density at radius 3 is 1.85 bits per heavy atom. The van der Waals surface area contributed by atoms with Gasteiger partial charge in [-0.15, -0.1) is 0 Å². The highest BCUT2D eigenvalue weighted by Crippen LogP contribution is 2.19. The summed E-state index contributed by atoms with van der Waals surface area (Å²) in [6, 6.07) is 17.3. The Morgan fingerprint density at radius 1 is 0.741 bits per heavy atom. The third kappa shape index (κ3) is 5.27. The molecule has 0 atom stereocenters. The first-order chi connectivity index (χ1) is 13.3. The highest BCUT2D eigenvalue weighted by Gasteiger charge is 1.99. The Labute approximate surface area is 165 Å². The molecule has 0 fully saturated rings. The largest absolute Gasteiger partial charge is 0.263 e. The normalized spacial score (nSPS) is 9.63. The molecular weight excluding hydrogens is 402 g/mol. The Hall–Kier alpha value is -3.43. The van der Waals surface area contributed by atoms with E-state index in [9.17, 15) is 0 Å². The molecule has 0 aromatic carbocycles. The van der Waals surface area contributed by atoms with Crippen molar-refractivity contribution in [3.05, 3.63) is 95.7 Å². The summed E-state index contributed by atoms with van der Waals surface area (Å²) in [5.41, 5.74) is 4.21. The summed E-state index contributed by atoms with van der Waals surface area (Å²) in [4.78, 5) is 16.4. The first-order valence-corrected chi connectivity index (χ1v) is 8.84. The predicted molar refractivity (Wildman–Crippen MR) is 107 cm³/mol. The first kappa shape index (κ1) is 18.4. The van der Waals surface area contributed by atoms with Crippen molar-refractivity contribution in [2.24, 2.45) is 0 Å². The molecule has 5 nitrogen and oxygen atoms in total. The zero-order valence-corrected chi connectivity index (χ0v) is 15.8. The van der Waals surface area contributed by atoms with Crippen LogP contribution in [0.3, 0.4) is 0 Å². The highest BCUT2D eigenvalue weighted by atomic mass is 79.9. The molecule has 0 bridgehead atoms. The van der Waals surface area contributed by atoms with Crippen molar-refractivity contribution >= 4 is 15.9 Å². The van der Waals surface area contributed by atoms with Crippen LogP contribution in [-0.2, 0) is 0 Å². The fraction of sp³-hybridized carbons (Fsp3) is 0. The molecule has 4 heterocycles. The molecule has 0 saturated heterocycles. The van der Waals surface area contributed by atoms with E-state index in [1.807, 2.05) is 48.5 Å². The molecule has 0 saturated carbocycles. The molecular formula is C21H14BrN5. The molecule has 0 spiro atoms. The van der Waals surface area contributed by atoms with E-state index in [-0.39, 0.29) is 0 Å². The van der Waals surface area contributed by atoms with Crippen LogP contribution in [0.25, 0.3) is 22.5 Å². The lowest BCUT2D eigenvalue weighted by molar-refractivity contribution is 1.26. The van der Waals surface area contributed by atoms with Crippen molar-refractivity contribution in [2.75, 3.05) is 0 Å². The molecule has 0 aliphatic carbocycles. The van der Waals surface area contributed by atoms with E-state index < -0.39 is 0 Å². The lowest BCUT2D eigenvalue weighted by atomic mass is 10.1. The van der Waals surface area contributed by atoms with Crippen LogP contribution in [-0.4, -0.2) is 19.9 Å². The van der Waals surface area contributed by atoms with E-state index >= 15 is 0 Å². The number of hydrogen-bond donors (Lipinski definition) is 0. The average Bonchev–Trinajstić information content (AvgIpc) is 2.75. The Morgan fingerprint density at radius 2 is 1.33 bits per heavy atom. The Kier molecular flexibility index (Phi) is 6.34. The fourth-order valence-electron chi connectivity index (χ4n) is 2.26. The number of halogens is 1. The maximum absolute atomic E-state index is 8.70. The van der Waals surface area contributed by atoms with Gasteiger partial charge in [0.2, 0.25) is 0 Å². The van der Waals surface area contributed by atoms with Crippen molar-refractivity contribution in [1.82, 2.24) is 19.9 Å². The Bertz CT molecular complexity index is 1050. The van der Waals surface area contributed by atoms with Crippen LogP contribution in [0.15, 0.2) is 90.2 Å². The molecule has 0 amide bonds. The monoisotopic (exact) mass is 415 g/mol. The van der Waals surface area contributed by atoms with E-state index in [0.29, 0.717) is 5.56 Å². The molecule has 4 aromatic heterocycles. The molecule has 0 N–H and O–H groups in total. The number of nitrogens with zero attached hydrogens (tertiary/aromatic N) is 5. The number of rotatable bonds is 2. The third-order valence-electron chi connectivity index (χ3n) is 3.49. The Balaban J connectivity index is 0.000000156. The van der Waals surface area contributed by atoms with Crippen molar-refractivity contribution in [2.45, 2.75) is 0 Å². The second-order valence-electron chi connectivity index (χ2n) is 5.40. The van der Waals surface area contributed by atoms with Crippen LogP contribution in [0.5, 0.6) is 0 Å². The second-order valence-corrected chi connectivity index (χ2v) is 6.31. The van der Waals surface area contributed by atoms with Gasteiger partial charge in [-0.3, -0.25) is 19.9 Å². The van der Waals surface area contributed by atoms with Crippen molar-refractivity contribution in [3.63, 3.8) is 0 Å². The molecule has 130 valence electrons. The maximum atomic E-state index is 8.70. The predicted octanol–water partition coefficient (Wildman–Crippen LogP) is 4.92. The van der Waals surface area contributed by atoms with E-state index in [2.05, 4.69) is 35.9 Å². The van der Waals surface area contributed by atoms with Gasteiger partial charge in [0.05, 0.1) is 17.0 Å². The first-order valence-electron chi connectivity index (χ1n) is 8.05. The second kappa shape index (κ2) is 9.32. The van der Waals surface area contributed by atoms with Gasteiger partial charge in [-0.2, -0.15) is 5.26 Å². The molecule has 27 heavy (non-hydrogen) atoms. The van der Waals surface area contributed by atoms with Crippen LogP contribution in [0.1, 0.15) is 5.56 Å². The minimum atomic E-state index is 0.549. The summed E-state index contributed by atoms with van der Waals surface area (Å²) in [5.74, 6) is 0. The van der Waals surface area contributed by atoms with Crippen molar-refractivity contribution in [1.29, 1.82) is 5.26 Å². The molecule has 0 aliphatic heterocycles. The van der Waals surface area contributed by atoms with Crippen LogP contribution < -0.4 is 0 Å². The summed E-state index contributed by atoms with van der Waals surface area (Å²) in [6.07, 6.45) is 10.3. The lowest BCUT2D eigenvalue weighted by Crippen LogP contribution is -1.85. The summed E-state index contributed by atoms with van der Waals surface area (Å²) >= 11 is 3.37. The van der Waals surface area contributed by atoms with Gasteiger partial charge in [0.25, 0.3) is 0 Å². The van der Waals surface area contributed by atoms with E-state index in [0.717, 1.165) is 27.0 Å². The summed E-state index contributed by atoms with van der Waals surface area (Å²) in [6.45, 7) is 0.